The molecule has 5 nitrogen and oxygen atoms in total. The van der Waals surface area contributed by atoms with E-state index in [2.05, 4.69) is 41.4 Å². The average Bonchev–Trinajstić information content (AvgIpc) is 2.73. The van der Waals surface area contributed by atoms with Crippen LogP contribution in [0.25, 0.3) is 0 Å². The van der Waals surface area contributed by atoms with Gasteiger partial charge in [-0.15, -0.1) is 0 Å². The lowest BCUT2D eigenvalue weighted by atomic mass is 9.98. The smallest absolute Gasteiger partial charge is 0.258 e. The van der Waals surface area contributed by atoms with E-state index >= 15 is 0 Å². The first-order chi connectivity index (χ1) is 13.5. The number of carbonyl (C=O) groups excluding carboxylic acids is 1. The molecule has 0 aromatic heterocycles. The molecule has 1 N–H and O–H groups in total. The highest BCUT2D eigenvalue weighted by molar-refractivity contribution is 5.78. The molecule has 1 saturated heterocycles. The lowest BCUT2D eigenvalue weighted by Crippen LogP contribution is -2.33. The van der Waals surface area contributed by atoms with Gasteiger partial charge < -0.3 is 19.7 Å². The minimum absolute atomic E-state index is 0.0132. The Morgan fingerprint density at radius 3 is 2.29 bits per heavy atom. The Hall–Kier alpha value is -2.69. The van der Waals surface area contributed by atoms with Crippen LogP contribution >= 0.6 is 0 Å². The van der Waals surface area contributed by atoms with E-state index in [0.29, 0.717) is 5.75 Å². The predicted molar refractivity (Wildman–Crippen MR) is 112 cm³/mol. The molecule has 1 heterocycles. The highest BCUT2D eigenvalue weighted by atomic mass is 16.5. The fourth-order valence-corrected chi connectivity index (χ4v) is 3.43. The summed E-state index contributed by atoms with van der Waals surface area (Å²) in [6.45, 7) is 6.54. The zero-order valence-corrected chi connectivity index (χ0v) is 17.0. The van der Waals surface area contributed by atoms with Gasteiger partial charge in [-0.25, -0.2) is 0 Å². The number of rotatable bonds is 7. The van der Waals surface area contributed by atoms with E-state index in [1.807, 2.05) is 6.92 Å². The number of anilines is 1. The van der Waals surface area contributed by atoms with Gasteiger partial charge in [-0.2, -0.15) is 0 Å². The summed E-state index contributed by atoms with van der Waals surface area (Å²) in [7, 11) is 1.62. The van der Waals surface area contributed by atoms with Gasteiger partial charge in [0.15, 0.2) is 6.61 Å². The summed E-state index contributed by atoms with van der Waals surface area (Å²) in [5.41, 5.74) is 2.35. The van der Waals surface area contributed by atoms with E-state index in [1.54, 1.807) is 31.4 Å². The van der Waals surface area contributed by atoms with Crippen LogP contribution in [0.1, 0.15) is 38.3 Å². The standard InChI is InChI=1S/C23H30N2O3/c1-17-12-14-25(15-13-17)20-6-4-19(5-7-20)18(2)24-23(26)16-28-22-10-8-21(27-3)9-11-22/h4-11,17-18H,12-16H2,1-3H3,(H,24,26)/t18-/m1/s1. The number of ether oxygens (including phenoxy) is 2. The number of hydrogen-bond acceptors (Lipinski definition) is 4. The third-order valence-corrected chi connectivity index (χ3v) is 5.35. The van der Waals surface area contributed by atoms with E-state index in [-0.39, 0.29) is 18.6 Å². The maximum absolute atomic E-state index is 12.2. The molecule has 0 unspecified atom stereocenters. The van der Waals surface area contributed by atoms with Crippen molar-refractivity contribution >= 4 is 11.6 Å². The minimum Gasteiger partial charge on any atom is -0.497 e. The van der Waals surface area contributed by atoms with Crippen LogP contribution < -0.4 is 19.7 Å². The average molecular weight is 383 g/mol. The second kappa shape index (κ2) is 9.49. The molecular formula is C23H30N2O3. The maximum Gasteiger partial charge on any atom is 0.258 e. The van der Waals surface area contributed by atoms with E-state index in [1.165, 1.54) is 18.5 Å². The monoisotopic (exact) mass is 382 g/mol. The first-order valence-electron chi connectivity index (χ1n) is 9.96. The van der Waals surface area contributed by atoms with Crippen molar-refractivity contribution in [3.8, 4) is 11.5 Å². The Morgan fingerprint density at radius 1 is 1.07 bits per heavy atom. The number of nitrogens with zero attached hydrogens (tertiary/aromatic N) is 1. The van der Waals surface area contributed by atoms with E-state index < -0.39 is 0 Å². The zero-order valence-electron chi connectivity index (χ0n) is 17.0. The van der Waals surface area contributed by atoms with Crippen LogP contribution in [-0.4, -0.2) is 32.7 Å². The molecule has 0 bridgehead atoms. The topological polar surface area (TPSA) is 50.8 Å². The highest BCUT2D eigenvalue weighted by Gasteiger charge is 2.16. The highest BCUT2D eigenvalue weighted by Crippen LogP contribution is 2.24. The van der Waals surface area contributed by atoms with Crippen LogP contribution in [0.3, 0.4) is 0 Å². The molecule has 1 atom stereocenters. The zero-order chi connectivity index (χ0) is 19.9. The SMILES string of the molecule is COc1ccc(OCC(=O)N[C@H](C)c2ccc(N3CCC(C)CC3)cc2)cc1. The van der Waals surface area contributed by atoms with Crippen molar-refractivity contribution in [2.24, 2.45) is 5.92 Å². The van der Waals surface area contributed by atoms with Crippen LogP contribution in [0.2, 0.25) is 0 Å². The van der Waals surface area contributed by atoms with Gasteiger partial charge in [0.05, 0.1) is 13.2 Å². The van der Waals surface area contributed by atoms with Crippen molar-refractivity contribution in [3.05, 3.63) is 54.1 Å². The van der Waals surface area contributed by atoms with Crippen molar-refractivity contribution in [1.82, 2.24) is 5.32 Å². The largest absolute Gasteiger partial charge is 0.497 e. The molecule has 5 heteroatoms. The Bertz CT molecular complexity index is 750. The van der Waals surface area contributed by atoms with Crippen LogP contribution in [0.15, 0.2) is 48.5 Å². The Morgan fingerprint density at radius 2 is 1.68 bits per heavy atom. The molecule has 0 saturated carbocycles. The van der Waals surface area contributed by atoms with Crippen molar-refractivity contribution in [1.29, 1.82) is 0 Å². The van der Waals surface area contributed by atoms with Crippen molar-refractivity contribution in [2.75, 3.05) is 31.7 Å². The number of methoxy groups -OCH3 is 1. The van der Waals surface area contributed by atoms with Crippen LogP contribution in [0, 0.1) is 5.92 Å². The van der Waals surface area contributed by atoms with E-state index in [4.69, 9.17) is 9.47 Å². The number of hydrogen-bond donors (Lipinski definition) is 1. The molecule has 0 spiro atoms. The van der Waals surface area contributed by atoms with Crippen molar-refractivity contribution < 1.29 is 14.3 Å². The van der Waals surface area contributed by atoms with Crippen LogP contribution in [-0.2, 0) is 4.79 Å². The number of piperidine rings is 1. The molecule has 1 amide bonds. The number of carbonyl (C=O) groups is 1. The summed E-state index contributed by atoms with van der Waals surface area (Å²) < 4.78 is 10.6. The van der Waals surface area contributed by atoms with Gasteiger partial charge in [-0.3, -0.25) is 4.79 Å². The number of nitrogens with one attached hydrogen (secondary N) is 1. The summed E-state index contributed by atoms with van der Waals surface area (Å²) in [5.74, 6) is 2.08. The number of amides is 1. The molecule has 1 aliphatic rings. The van der Waals surface area contributed by atoms with Gasteiger partial charge in [0.2, 0.25) is 0 Å². The fourth-order valence-electron chi connectivity index (χ4n) is 3.43. The van der Waals surface area contributed by atoms with Crippen LogP contribution in [0.4, 0.5) is 5.69 Å². The normalized spacial score (nSPS) is 15.8. The molecule has 150 valence electrons. The summed E-state index contributed by atoms with van der Waals surface area (Å²) in [5, 5.41) is 2.99. The molecule has 1 aliphatic heterocycles. The third-order valence-electron chi connectivity index (χ3n) is 5.35. The first-order valence-corrected chi connectivity index (χ1v) is 9.96. The van der Waals surface area contributed by atoms with Gasteiger partial charge in [0.1, 0.15) is 11.5 Å². The van der Waals surface area contributed by atoms with Gasteiger partial charge in [-0.1, -0.05) is 19.1 Å². The quantitative estimate of drug-likeness (QED) is 0.780. The van der Waals surface area contributed by atoms with E-state index in [9.17, 15) is 4.79 Å². The molecule has 0 aliphatic carbocycles. The lowest BCUT2D eigenvalue weighted by molar-refractivity contribution is -0.123. The summed E-state index contributed by atoms with van der Waals surface area (Å²) in [6.07, 6.45) is 2.50. The maximum atomic E-state index is 12.2. The van der Waals surface area contributed by atoms with E-state index in [0.717, 1.165) is 30.3 Å². The Balaban J connectivity index is 1.48. The molecule has 2 aromatic rings. The molecule has 0 radical (unpaired) electrons. The molecule has 28 heavy (non-hydrogen) atoms. The second-order valence-electron chi connectivity index (χ2n) is 7.51. The number of benzene rings is 2. The second-order valence-corrected chi connectivity index (χ2v) is 7.51. The van der Waals surface area contributed by atoms with Crippen molar-refractivity contribution in [3.63, 3.8) is 0 Å². The first kappa shape index (κ1) is 20.1. The minimum atomic E-state index is -0.141. The Labute approximate surface area is 167 Å². The third kappa shape index (κ3) is 5.41. The Kier molecular flexibility index (Phi) is 6.80. The fraction of sp³-hybridized carbons (Fsp3) is 0.435. The predicted octanol–water partition coefficient (Wildman–Crippen LogP) is 4.19. The summed E-state index contributed by atoms with van der Waals surface area (Å²) in [6, 6.07) is 15.6. The molecular weight excluding hydrogens is 352 g/mol. The van der Waals surface area contributed by atoms with Gasteiger partial charge >= 0.3 is 0 Å². The summed E-state index contributed by atoms with van der Waals surface area (Å²) in [4.78, 5) is 14.6. The van der Waals surface area contributed by atoms with Crippen LogP contribution in [0.5, 0.6) is 11.5 Å². The van der Waals surface area contributed by atoms with Gasteiger partial charge in [-0.05, 0) is 67.6 Å². The van der Waals surface area contributed by atoms with Gasteiger partial charge in [0, 0.05) is 18.8 Å². The molecule has 2 aromatic carbocycles. The lowest BCUT2D eigenvalue weighted by Gasteiger charge is -2.32. The van der Waals surface area contributed by atoms with Crippen molar-refractivity contribution in [2.45, 2.75) is 32.7 Å². The molecule has 3 rings (SSSR count). The molecule has 1 fully saturated rings. The summed E-state index contributed by atoms with van der Waals surface area (Å²) >= 11 is 0. The van der Waals surface area contributed by atoms with Gasteiger partial charge in [0.25, 0.3) is 5.91 Å².